The highest BCUT2D eigenvalue weighted by molar-refractivity contribution is 6.12. The van der Waals surface area contributed by atoms with Gasteiger partial charge in [0.1, 0.15) is 5.69 Å². The van der Waals surface area contributed by atoms with E-state index in [1.54, 1.807) is 24.4 Å². The van der Waals surface area contributed by atoms with Crippen LogP contribution < -0.4 is 5.73 Å². The number of nitrogens with two attached hydrogens (primary N) is 1. The summed E-state index contributed by atoms with van der Waals surface area (Å²) in [5.74, 6) is 0. The molecule has 0 aliphatic rings. The molecule has 2 aromatic rings. The summed E-state index contributed by atoms with van der Waals surface area (Å²) < 4.78 is 0. The Morgan fingerprint density at radius 1 is 1.32 bits per heavy atom. The van der Waals surface area contributed by atoms with Gasteiger partial charge in [-0.05, 0) is 26.0 Å². The van der Waals surface area contributed by atoms with Crippen molar-refractivity contribution in [3.63, 3.8) is 0 Å². The van der Waals surface area contributed by atoms with Crippen molar-refractivity contribution in [3.05, 3.63) is 72.1 Å². The summed E-state index contributed by atoms with van der Waals surface area (Å²) in [6, 6.07) is 11.3. The van der Waals surface area contributed by atoms with E-state index in [9.17, 15) is 0 Å². The van der Waals surface area contributed by atoms with Gasteiger partial charge >= 0.3 is 0 Å². The molecule has 0 fully saturated rings. The fourth-order valence-corrected chi connectivity index (χ4v) is 1.48. The molecule has 0 aliphatic carbocycles. The van der Waals surface area contributed by atoms with Gasteiger partial charge in [-0.1, -0.05) is 35.9 Å². The van der Waals surface area contributed by atoms with Crippen LogP contribution in [0.15, 0.2) is 55.3 Å². The summed E-state index contributed by atoms with van der Waals surface area (Å²) in [4.78, 5) is 4.13. The minimum atomic E-state index is 0. The number of aromatic nitrogens is 1. The van der Waals surface area contributed by atoms with Crippen molar-refractivity contribution in [1.29, 1.82) is 5.41 Å². The van der Waals surface area contributed by atoms with Crippen LogP contribution in [-0.2, 0) is 0 Å². The van der Waals surface area contributed by atoms with Gasteiger partial charge in [0.2, 0.25) is 0 Å². The average molecular weight is 255 g/mol. The van der Waals surface area contributed by atoms with Crippen LogP contribution in [0.25, 0.3) is 0 Å². The van der Waals surface area contributed by atoms with Gasteiger partial charge in [-0.3, -0.25) is 10.4 Å². The Balaban J connectivity index is 0.000000830. The van der Waals surface area contributed by atoms with Gasteiger partial charge in [0.05, 0.1) is 11.4 Å². The van der Waals surface area contributed by atoms with Crippen molar-refractivity contribution in [3.8, 4) is 0 Å². The zero-order valence-corrected chi connectivity index (χ0v) is 11.4. The Bertz CT molecular complexity index is 562. The van der Waals surface area contributed by atoms with Gasteiger partial charge < -0.3 is 5.73 Å². The second-order valence-electron chi connectivity index (χ2n) is 4.09. The number of allylic oxidation sites excluding steroid dienone is 1. The quantitative estimate of drug-likeness (QED) is 0.633. The van der Waals surface area contributed by atoms with Crippen molar-refractivity contribution in [2.45, 2.75) is 13.8 Å². The molecule has 0 radical (unpaired) electrons. The number of hydrogen-bond donors (Lipinski definition) is 2. The molecule has 3 nitrogen and oxygen atoms in total. The summed E-state index contributed by atoms with van der Waals surface area (Å²) in [5.41, 5.74) is 9.22. The van der Waals surface area contributed by atoms with Crippen molar-refractivity contribution in [1.82, 2.24) is 4.98 Å². The molecule has 2 rings (SSSR count). The molecule has 0 aliphatic heterocycles. The maximum Gasteiger partial charge on any atom is 0.111 e. The van der Waals surface area contributed by atoms with E-state index in [-0.39, 0.29) is 1.43 Å². The molecule has 100 valence electrons. The van der Waals surface area contributed by atoms with Crippen molar-refractivity contribution in [2.24, 2.45) is 0 Å². The van der Waals surface area contributed by atoms with Crippen LogP contribution in [0.2, 0.25) is 0 Å². The first-order valence-corrected chi connectivity index (χ1v) is 6.03. The first-order chi connectivity index (χ1) is 9.10. The number of aryl methyl sites for hydroxylation is 1. The van der Waals surface area contributed by atoms with Crippen LogP contribution in [0, 0.1) is 12.3 Å². The molecule has 3 heteroatoms. The minimum Gasteiger partial charge on any atom is -0.397 e. The van der Waals surface area contributed by atoms with E-state index in [4.69, 9.17) is 11.1 Å². The predicted molar refractivity (Wildman–Crippen MR) is 83.7 cm³/mol. The third-order valence-electron chi connectivity index (χ3n) is 2.42. The minimum absolute atomic E-state index is 0. The normalized spacial score (nSPS) is 9.16. The molecule has 0 saturated heterocycles. The van der Waals surface area contributed by atoms with Crippen LogP contribution in [0.4, 0.5) is 5.69 Å². The second kappa shape index (κ2) is 7.11. The van der Waals surface area contributed by atoms with E-state index in [1.807, 2.05) is 38.1 Å². The number of benzene rings is 1. The summed E-state index contributed by atoms with van der Waals surface area (Å²) >= 11 is 0. The molecule has 1 aromatic carbocycles. The second-order valence-corrected chi connectivity index (χ2v) is 4.09. The molecule has 1 aromatic heterocycles. The Labute approximate surface area is 115 Å². The first kappa shape index (κ1) is 14.6. The number of anilines is 1. The van der Waals surface area contributed by atoms with Crippen LogP contribution >= 0.6 is 0 Å². The molecule has 0 amide bonds. The lowest BCUT2D eigenvalue weighted by Gasteiger charge is -2.06. The van der Waals surface area contributed by atoms with Gasteiger partial charge in [-0.25, -0.2) is 0 Å². The number of pyridine rings is 1. The van der Waals surface area contributed by atoms with E-state index in [2.05, 4.69) is 11.6 Å². The molecular weight excluding hydrogens is 234 g/mol. The maximum atomic E-state index is 8.04. The highest BCUT2D eigenvalue weighted by Gasteiger charge is 2.08. The smallest absolute Gasteiger partial charge is 0.111 e. The number of nitrogens with zero attached hydrogens (tertiary/aromatic N) is 1. The van der Waals surface area contributed by atoms with E-state index >= 15 is 0 Å². The lowest BCUT2D eigenvalue weighted by Crippen LogP contribution is -2.07. The standard InChI is InChI=1S/C13H13N3.C3H6.H2/c1-9-4-6-10(7-5-9)12(15)13-11(14)3-2-8-16-13;1-3-2;/h2-8,15H,14H2,1H3;3H,1H2,2H3;1H. The number of nitrogens with one attached hydrogen (secondary N) is 1. The number of nitrogen functional groups attached to an aromatic ring is 1. The fraction of sp³-hybridized carbons (Fsp3) is 0.125. The molecular formula is C16H21N3. The van der Waals surface area contributed by atoms with Gasteiger partial charge in [0.25, 0.3) is 0 Å². The number of rotatable bonds is 2. The molecule has 19 heavy (non-hydrogen) atoms. The summed E-state index contributed by atoms with van der Waals surface area (Å²) in [7, 11) is 0. The lowest BCUT2D eigenvalue weighted by atomic mass is 10.0. The van der Waals surface area contributed by atoms with Crippen LogP contribution in [0.1, 0.15) is 25.2 Å². The van der Waals surface area contributed by atoms with Gasteiger partial charge in [0.15, 0.2) is 0 Å². The Morgan fingerprint density at radius 2 is 1.89 bits per heavy atom. The Kier molecular flexibility index (Phi) is 5.48. The van der Waals surface area contributed by atoms with E-state index < -0.39 is 0 Å². The monoisotopic (exact) mass is 255 g/mol. The fourth-order valence-electron chi connectivity index (χ4n) is 1.48. The van der Waals surface area contributed by atoms with Gasteiger partial charge in [-0.15, -0.1) is 6.58 Å². The third kappa shape index (κ3) is 4.07. The molecule has 0 saturated carbocycles. The molecule has 0 bridgehead atoms. The van der Waals surface area contributed by atoms with Crippen molar-refractivity contribution in [2.75, 3.05) is 5.73 Å². The highest BCUT2D eigenvalue weighted by atomic mass is 14.7. The van der Waals surface area contributed by atoms with Crippen LogP contribution in [-0.4, -0.2) is 10.7 Å². The zero-order valence-electron chi connectivity index (χ0n) is 11.4. The largest absolute Gasteiger partial charge is 0.397 e. The topological polar surface area (TPSA) is 62.8 Å². The van der Waals surface area contributed by atoms with Crippen LogP contribution in [0.3, 0.4) is 0 Å². The van der Waals surface area contributed by atoms with Crippen molar-refractivity contribution < 1.29 is 1.43 Å². The SMILES string of the molecule is C=CC.Cc1ccc(C(=N)c2ncccc2N)cc1.[HH]. The lowest BCUT2D eigenvalue weighted by molar-refractivity contribution is 1.27. The maximum absolute atomic E-state index is 8.04. The van der Waals surface area contributed by atoms with Crippen LogP contribution in [0.5, 0.6) is 0 Å². The highest BCUT2D eigenvalue weighted by Crippen LogP contribution is 2.13. The molecule has 0 atom stereocenters. The first-order valence-electron chi connectivity index (χ1n) is 6.03. The molecule has 0 spiro atoms. The molecule has 3 N–H and O–H groups in total. The zero-order chi connectivity index (χ0) is 14.3. The Hall–Kier alpha value is -2.42. The molecule has 1 heterocycles. The summed E-state index contributed by atoms with van der Waals surface area (Å²) in [6.45, 7) is 7.27. The third-order valence-corrected chi connectivity index (χ3v) is 2.42. The number of hydrogen-bond acceptors (Lipinski definition) is 3. The van der Waals surface area contributed by atoms with Crippen molar-refractivity contribution >= 4 is 11.4 Å². The van der Waals surface area contributed by atoms with E-state index in [1.165, 1.54) is 5.56 Å². The predicted octanol–water partition coefficient (Wildman–Crippen LogP) is 3.83. The van der Waals surface area contributed by atoms with Gasteiger partial charge in [0, 0.05) is 13.2 Å². The summed E-state index contributed by atoms with van der Waals surface area (Å²) in [5, 5.41) is 8.04. The Morgan fingerprint density at radius 3 is 2.42 bits per heavy atom. The van der Waals surface area contributed by atoms with E-state index in [0.717, 1.165) is 5.56 Å². The van der Waals surface area contributed by atoms with E-state index in [0.29, 0.717) is 17.1 Å². The van der Waals surface area contributed by atoms with Gasteiger partial charge in [-0.2, -0.15) is 0 Å². The summed E-state index contributed by atoms with van der Waals surface area (Å²) in [6.07, 6.45) is 3.40. The average Bonchev–Trinajstić information content (AvgIpc) is 2.40. The molecule has 0 unspecified atom stereocenters.